The number of halogens is 1. The van der Waals surface area contributed by atoms with Crippen LogP contribution in [-0.4, -0.2) is 51.7 Å². The summed E-state index contributed by atoms with van der Waals surface area (Å²) in [5.41, 5.74) is 5.08. The van der Waals surface area contributed by atoms with Crippen molar-refractivity contribution in [2.45, 2.75) is 46.1 Å². The molecule has 12 heteroatoms. The molecule has 5 N–H and O–H groups in total. The Bertz CT molecular complexity index is 1760. The molecule has 2 aromatic carbocycles. The zero-order chi connectivity index (χ0) is 33.8. The first-order valence-corrected chi connectivity index (χ1v) is 15.6. The van der Waals surface area contributed by atoms with E-state index >= 15 is 0 Å². The number of nitrogens with one attached hydrogen (secondary N) is 4. The van der Waals surface area contributed by atoms with E-state index in [0.29, 0.717) is 65.2 Å². The van der Waals surface area contributed by atoms with Gasteiger partial charge in [-0.2, -0.15) is 0 Å². The van der Waals surface area contributed by atoms with Crippen LogP contribution >= 0.6 is 11.6 Å². The summed E-state index contributed by atoms with van der Waals surface area (Å²) in [6, 6.07) is 17.0. The maximum atomic E-state index is 12.8. The largest absolute Gasteiger partial charge is 0.392 e. The van der Waals surface area contributed by atoms with Gasteiger partial charge in [0, 0.05) is 59.2 Å². The van der Waals surface area contributed by atoms with Gasteiger partial charge in [-0.1, -0.05) is 35.9 Å². The minimum Gasteiger partial charge on any atom is -0.392 e. The van der Waals surface area contributed by atoms with E-state index in [1.807, 2.05) is 18.2 Å². The Morgan fingerprint density at radius 2 is 1.62 bits per heavy atom. The van der Waals surface area contributed by atoms with E-state index in [-0.39, 0.29) is 29.2 Å². The van der Waals surface area contributed by atoms with Crippen molar-refractivity contribution in [2.24, 2.45) is 0 Å². The van der Waals surface area contributed by atoms with E-state index in [2.05, 4.69) is 31.2 Å². The number of hydrogen-bond donors (Lipinski definition) is 5. The number of nitrogens with zero attached hydrogens (tertiary/aromatic N) is 2. The lowest BCUT2D eigenvalue weighted by Gasteiger charge is -2.13. The van der Waals surface area contributed by atoms with Gasteiger partial charge in [-0.15, -0.1) is 0 Å². The van der Waals surface area contributed by atoms with Crippen molar-refractivity contribution in [1.82, 2.24) is 15.3 Å². The molecular formula is C35H37ClN6O5. The number of aliphatic hydroxyl groups is 1. The molecule has 0 bridgehead atoms. The number of unbranched alkanes of at least 4 members (excludes halogenated alkanes) is 1. The number of carbonyl (C=O) groups excluding carboxylic acids is 4. The van der Waals surface area contributed by atoms with Gasteiger partial charge in [-0.25, -0.2) is 9.78 Å². The topological polar surface area (TPSA) is 162 Å². The van der Waals surface area contributed by atoms with E-state index in [9.17, 15) is 24.3 Å². The Hall–Kier alpha value is -5.13. The minimum absolute atomic E-state index is 0.154. The number of aliphatic hydroxyl groups excluding tert-OH is 1. The Morgan fingerprint density at radius 3 is 2.38 bits per heavy atom. The summed E-state index contributed by atoms with van der Waals surface area (Å²) >= 11 is 5.92. The van der Waals surface area contributed by atoms with Crippen molar-refractivity contribution in [3.05, 3.63) is 112 Å². The molecular weight excluding hydrogens is 620 g/mol. The third kappa shape index (κ3) is 10.2. The molecule has 0 spiro atoms. The summed E-state index contributed by atoms with van der Waals surface area (Å²) in [6.45, 7) is 3.67. The number of rotatable bonds is 15. The molecule has 0 atom stereocenters. The first-order chi connectivity index (χ1) is 22.6. The lowest BCUT2D eigenvalue weighted by molar-refractivity contribution is 0.0951. The van der Waals surface area contributed by atoms with Crippen LogP contribution in [0.3, 0.4) is 0 Å². The number of aryl methyl sites for hydroxylation is 2. The summed E-state index contributed by atoms with van der Waals surface area (Å²) in [6.07, 6.45) is 5.72. The Balaban J connectivity index is 1.22. The molecule has 11 nitrogen and oxygen atoms in total. The van der Waals surface area contributed by atoms with Crippen LogP contribution in [0, 0.1) is 0 Å². The number of carbonyl (C=O) groups is 4. The number of anilines is 3. The van der Waals surface area contributed by atoms with Crippen LogP contribution < -0.4 is 21.3 Å². The molecule has 0 fully saturated rings. The second-order valence-electron chi connectivity index (χ2n) is 10.9. The summed E-state index contributed by atoms with van der Waals surface area (Å²) in [7, 11) is 0. The van der Waals surface area contributed by atoms with Crippen LogP contribution in [-0.2, 0) is 19.4 Å². The predicted octanol–water partition coefficient (Wildman–Crippen LogP) is 6.08. The molecule has 0 saturated heterocycles. The van der Waals surface area contributed by atoms with Gasteiger partial charge in [0.05, 0.1) is 17.9 Å². The standard InChI is InChI=1S/C35H37ClN6O5/c1-22(44)29-9-6-10-30(33(29)23(2)45)38-14-3-4-15-39-34(46)25-8-5-7-24(17-25)11-12-27-18-28(13-16-37-27)41-35(47)42-31-19-32(36)40-20-26(31)21-43/h5-10,13,16-20,38,43H,3-4,11-12,14-15,21H2,1-2H3,(H,39,46)(H2,37,40,41,42,47). The lowest BCUT2D eigenvalue weighted by atomic mass is 9.99. The third-order valence-electron chi connectivity index (χ3n) is 7.31. The summed E-state index contributed by atoms with van der Waals surface area (Å²) < 4.78 is 0. The summed E-state index contributed by atoms with van der Waals surface area (Å²) in [5.74, 6) is -0.483. The van der Waals surface area contributed by atoms with Crippen molar-refractivity contribution >= 4 is 52.2 Å². The number of urea groups is 1. The fourth-order valence-electron chi connectivity index (χ4n) is 4.97. The molecule has 47 heavy (non-hydrogen) atoms. The van der Waals surface area contributed by atoms with Gasteiger partial charge in [0.25, 0.3) is 5.91 Å². The van der Waals surface area contributed by atoms with E-state index in [1.54, 1.807) is 42.6 Å². The lowest BCUT2D eigenvalue weighted by Crippen LogP contribution is -2.25. The van der Waals surface area contributed by atoms with Crippen LogP contribution in [0.2, 0.25) is 5.15 Å². The van der Waals surface area contributed by atoms with Gasteiger partial charge in [0.2, 0.25) is 0 Å². The van der Waals surface area contributed by atoms with Gasteiger partial charge < -0.3 is 26.4 Å². The van der Waals surface area contributed by atoms with Gasteiger partial charge in [0.1, 0.15) is 5.15 Å². The molecule has 3 amide bonds. The third-order valence-corrected chi connectivity index (χ3v) is 7.51. The number of amides is 3. The zero-order valence-electron chi connectivity index (χ0n) is 26.2. The molecule has 2 heterocycles. The minimum atomic E-state index is -0.504. The number of pyridine rings is 2. The number of ketones is 2. The number of aromatic nitrogens is 2. The zero-order valence-corrected chi connectivity index (χ0v) is 27.0. The van der Waals surface area contributed by atoms with Crippen molar-refractivity contribution in [1.29, 1.82) is 0 Å². The molecule has 0 aliphatic rings. The highest BCUT2D eigenvalue weighted by Gasteiger charge is 2.15. The summed E-state index contributed by atoms with van der Waals surface area (Å²) in [4.78, 5) is 57.7. The quantitative estimate of drug-likeness (QED) is 0.0584. The highest BCUT2D eigenvalue weighted by molar-refractivity contribution is 6.29. The average Bonchev–Trinajstić information content (AvgIpc) is 3.05. The molecule has 0 unspecified atom stereocenters. The average molecular weight is 657 g/mol. The molecule has 0 radical (unpaired) electrons. The van der Waals surface area contributed by atoms with Crippen molar-refractivity contribution in [3.8, 4) is 0 Å². The molecule has 0 aliphatic heterocycles. The Labute approximate surface area is 278 Å². The fourth-order valence-corrected chi connectivity index (χ4v) is 5.13. The highest BCUT2D eigenvalue weighted by atomic mass is 35.5. The van der Waals surface area contributed by atoms with Crippen LogP contribution in [0.1, 0.15) is 74.6 Å². The van der Waals surface area contributed by atoms with E-state index in [1.165, 1.54) is 26.1 Å². The monoisotopic (exact) mass is 656 g/mol. The number of Topliss-reactive ketones (excluding diaryl/α,β-unsaturated/α-hetero) is 2. The van der Waals surface area contributed by atoms with Gasteiger partial charge in [-0.3, -0.25) is 19.4 Å². The van der Waals surface area contributed by atoms with Crippen molar-refractivity contribution in [2.75, 3.05) is 29.0 Å². The Morgan fingerprint density at radius 1 is 0.830 bits per heavy atom. The predicted molar refractivity (Wildman–Crippen MR) is 182 cm³/mol. The normalized spacial score (nSPS) is 10.6. The first-order valence-electron chi connectivity index (χ1n) is 15.2. The van der Waals surface area contributed by atoms with Gasteiger partial charge >= 0.3 is 6.03 Å². The Kier molecular flexibility index (Phi) is 12.5. The molecule has 244 valence electrons. The molecule has 2 aromatic heterocycles. The SMILES string of the molecule is CC(=O)c1cccc(NCCCCNC(=O)c2cccc(CCc3cc(NC(=O)Nc4cc(Cl)ncc4CO)ccn3)c2)c1C(C)=O. The van der Waals surface area contributed by atoms with E-state index in [4.69, 9.17) is 11.6 Å². The number of benzene rings is 2. The van der Waals surface area contributed by atoms with Gasteiger partial charge in [0.15, 0.2) is 11.6 Å². The molecule has 0 saturated carbocycles. The van der Waals surface area contributed by atoms with Crippen LogP contribution in [0.4, 0.5) is 21.9 Å². The molecule has 0 aliphatic carbocycles. The highest BCUT2D eigenvalue weighted by Crippen LogP contribution is 2.22. The molecule has 4 rings (SSSR count). The fraction of sp³-hybridized carbons (Fsp3) is 0.257. The van der Waals surface area contributed by atoms with Crippen molar-refractivity contribution in [3.63, 3.8) is 0 Å². The maximum Gasteiger partial charge on any atom is 0.323 e. The van der Waals surface area contributed by atoms with Crippen LogP contribution in [0.15, 0.2) is 73.1 Å². The van der Waals surface area contributed by atoms with Crippen LogP contribution in [0.25, 0.3) is 0 Å². The van der Waals surface area contributed by atoms with E-state index in [0.717, 1.165) is 24.1 Å². The second kappa shape index (κ2) is 17.0. The molecule has 4 aromatic rings. The smallest absolute Gasteiger partial charge is 0.323 e. The van der Waals surface area contributed by atoms with Gasteiger partial charge in [-0.05, 0) is 81.5 Å². The maximum absolute atomic E-state index is 12.8. The van der Waals surface area contributed by atoms with Crippen molar-refractivity contribution < 1.29 is 24.3 Å². The number of hydrogen-bond acceptors (Lipinski definition) is 8. The first kappa shape index (κ1) is 34.7. The van der Waals surface area contributed by atoms with Crippen LogP contribution in [0.5, 0.6) is 0 Å². The summed E-state index contributed by atoms with van der Waals surface area (Å²) in [5, 5.41) is 21.3. The second-order valence-corrected chi connectivity index (χ2v) is 11.3. The van der Waals surface area contributed by atoms with E-state index < -0.39 is 6.03 Å².